The number of thiophene rings is 1. The third kappa shape index (κ3) is 3.80. The predicted molar refractivity (Wildman–Crippen MR) is 109 cm³/mol. The Hall–Kier alpha value is -2.22. The summed E-state index contributed by atoms with van der Waals surface area (Å²) in [6, 6.07) is 10.1. The maximum absolute atomic E-state index is 13.8. The first-order valence-electron chi connectivity index (χ1n) is 7.53. The first-order valence-corrected chi connectivity index (χ1v) is 9.14. The number of halogens is 2. The van der Waals surface area contributed by atoms with Gasteiger partial charge < -0.3 is 15.4 Å². The van der Waals surface area contributed by atoms with Crippen molar-refractivity contribution in [3.63, 3.8) is 0 Å². The van der Waals surface area contributed by atoms with Crippen LogP contribution in [0, 0.1) is 12.7 Å². The first kappa shape index (κ1) is 18.6. The molecule has 8 heteroatoms. The van der Waals surface area contributed by atoms with Gasteiger partial charge in [0.2, 0.25) is 0 Å². The Balaban J connectivity index is 1.81. The number of nitrogens with one attached hydrogen (secondary N) is 2. The van der Waals surface area contributed by atoms with E-state index < -0.39 is 5.97 Å². The average molecular weight is 409 g/mol. The summed E-state index contributed by atoms with van der Waals surface area (Å²) in [7, 11) is 1.31. The number of benzene rings is 2. The minimum absolute atomic E-state index is 0.254. The summed E-state index contributed by atoms with van der Waals surface area (Å²) in [5.41, 5.74) is 1.91. The number of esters is 1. The molecule has 2 aromatic carbocycles. The summed E-state index contributed by atoms with van der Waals surface area (Å²) in [6.45, 7) is 1.87. The fourth-order valence-electron chi connectivity index (χ4n) is 2.39. The molecular formula is C18H14ClFN2O2S2. The van der Waals surface area contributed by atoms with Crippen LogP contribution >= 0.6 is 35.2 Å². The Kier molecular flexibility index (Phi) is 5.41. The number of carbonyl (C=O) groups is 1. The largest absolute Gasteiger partial charge is 0.465 e. The van der Waals surface area contributed by atoms with Gasteiger partial charge in [-0.3, -0.25) is 0 Å². The first-order chi connectivity index (χ1) is 12.4. The minimum Gasteiger partial charge on any atom is -0.465 e. The van der Waals surface area contributed by atoms with Gasteiger partial charge in [-0.05, 0) is 55.0 Å². The van der Waals surface area contributed by atoms with E-state index in [2.05, 4.69) is 10.6 Å². The number of fused-ring (bicyclic) bond motifs is 1. The van der Waals surface area contributed by atoms with Gasteiger partial charge in [-0.15, -0.1) is 11.3 Å². The van der Waals surface area contributed by atoms with Gasteiger partial charge in [-0.25, -0.2) is 9.18 Å². The van der Waals surface area contributed by atoms with Crippen molar-refractivity contribution in [2.45, 2.75) is 6.92 Å². The van der Waals surface area contributed by atoms with Crippen LogP contribution in [0.5, 0.6) is 0 Å². The molecule has 0 aliphatic rings. The summed E-state index contributed by atoms with van der Waals surface area (Å²) in [6.07, 6.45) is 0. The molecule has 0 saturated carbocycles. The Morgan fingerprint density at radius 3 is 2.73 bits per heavy atom. The Morgan fingerprint density at radius 2 is 2.00 bits per heavy atom. The second kappa shape index (κ2) is 7.57. The molecule has 0 aliphatic carbocycles. The van der Waals surface area contributed by atoms with Crippen molar-refractivity contribution in [1.29, 1.82) is 0 Å². The Morgan fingerprint density at radius 1 is 1.23 bits per heavy atom. The van der Waals surface area contributed by atoms with Crippen molar-refractivity contribution in [2.24, 2.45) is 0 Å². The zero-order valence-corrected chi connectivity index (χ0v) is 16.2. The summed E-state index contributed by atoms with van der Waals surface area (Å²) in [4.78, 5) is 12.1. The molecule has 0 unspecified atom stereocenters. The van der Waals surface area contributed by atoms with Gasteiger partial charge in [-0.2, -0.15) is 0 Å². The van der Waals surface area contributed by atoms with Crippen molar-refractivity contribution in [1.82, 2.24) is 0 Å². The van der Waals surface area contributed by atoms with E-state index in [0.717, 1.165) is 15.6 Å². The third-order valence-corrected chi connectivity index (χ3v) is 5.47. The van der Waals surface area contributed by atoms with Crippen LogP contribution in [0.2, 0.25) is 5.02 Å². The molecule has 0 saturated heterocycles. The second-order valence-electron chi connectivity index (χ2n) is 5.51. The van der Waals surface area contributed by atoms with Crippen LogP contribution in [0.1, 0.15) is 15.2 Å². The van der Waals surface area contributed by atoms with Crippen LogP contribution in [0.4, 0.5) is 15.8 Å². The Bertz CT molecular complexity index is 1020. The molecule has 0 atom stereocenters. The lowest BCUT2D eigenvalue weighted by molar-refractivity contribution is 0.0606. The molecule has 1 aromatic heterocycles. The van der Waals surface area contributed by atoms with Crippen molar-refractivity contribution in [3.05, 3.63) is 57.7 Å². The summed E-state index contributed by atoms with van der Waals surface area (Å²) in [5, 5.41) is 7.22. The van der Waals surface area contributed by atoms with Crippen LogP contribution < -0.4 is 10.6 Å². The van der Waals surface area contributed by atoms with Crippen molar-refractivity contribution < 1.29 is 13.9 Å². The minimum atomic E-state index is -0.474. The molecule has 0 spiro atoms. The zero-order chi connectivity index (χ0) is 18.8. The van der Waals surface area contributed by atoms with E-state index in [1.165, 1.54) is 24.5 Å². The Labute approximate surface area is 163 Å². The number of methoxy groups -OCH3 is 1. The number of hydrogen-bond donors (Lipinski definition) is 2. The zero-order valence-electron chi connectivity index (χ0n) is 13.9. The van der Waals surface area contributed by atoms with Gasteiger partial charge in [-0.1, -0.05) is 17.7 Å². The molecule has 0 radical (unpaired) electrons. The maximum Gasteiger partial charge on any atom is 0.349 e. The number of aryl methyl sites for hydroxylation is 1. The lowest BCUT2D eigenvalue weighted by Gasteiger charge is -2.12. The van der Waals surface area contributed by atoms with Gasteiger partial charge in [0.1, 0.15) is 10.7 Å². The molecule has 0 aliphatic heterocycles. The highest BCUT2D eigenvalue weighted by Crippen LogP contribution is 2.37. The third-order valence-electron chi connectivity index (χ3n) is 3.63. The fourth-order valence-corrected chi connectivity index (χ4v) is 4.08. The van der Waals surface area contributed by atoms with E-state index in [1.54, 1.807) is 24.3 Å². The lowest BCUT2D eigenvalue weighted by Crippen LogP contribution is -2.19. The molecule has 3 aromatic rings. The normalized spacial score (nSPS) is 10.6. The van der Waals surface area contributed by atoms with Crippen LogP contribution in [0.3, 0.4) is 0 Å². The van der Waals surface area contributed by atoms with Crippen LogP contribution in [-0.2, 0) is 4.74 Å². The number of carbonyl (C=O) groups excluding carboxylic acids is 1. The van der Waals surface area contributed by atoms with Gasteiger partial charge in [0.25, 0.3) is 0 Å². The number of rotatable bonds is 3. The van der Waals surface area contributed by atoms with Crippen molar-refractivity contribution in [2.75, 3.05) is 17.7 Å². The summed E-state index contributed by atoms with van der Waals surface area (Å²) in [5.74, 6) is -0.860. The molecule has 26 heavy (non-hydrogen) atoms. The lowest BCUT2D eigenvalue weighted by atomic mass is 10.2. The van der Waals surface area contributed by atoms with E-state index in [0.29, 0.717) is 21.3 Å². The molecule has 0 fully saturated rings. The monoisotopic (exact) mass is 408 g/mol. The van der Waals surface area contributed by atoms with Gasteiger partial charge in [0.15, 0.2) is 5.11 Å². The maximum atomic E-state index is 13.8. The van der Waals surface area contributed by atoms with Gasteiger partial charge >= 0.3 is 5.97 Å². The average Bonchev–Trinajstić information content (AvgIpc) is 2.93. The summed E-state index contributed by atoms with van der Waals surface area (Å²) < 4.78 is 19.4. The van der Waals surface area contributed by atoms with E-state index in [1.807, 2.05) is 13.0 Å². The smallest absolute Gasteiger partial charge is 0.349 e. The molecule has 2 N–H and O–H groups in total. The number of thiocarbonyl (C=S) groups is 1. The number of hydrogen-bond acceptors (Lipinski definition) is 4. The molecular weight excluding hydrogens is 395 g/mol. The topological polar surface area (TPSA) is 50.4 Å². The molecule has 134 valence electrons. The van der Waals surface area contributed by atoms with Crippen LogP contribution in [0.25, 0.3) is 10.1 Å². The highest BCUT2D eigenvalue weighted by atomic mass is 35.5. The van der Waals surface area contributed by atoms with E-state index >= 15 is 0 Å². The molecule has 3 rings (SSSR count). The molecule has 0 bridgehead atoms. The highest BCUT2D eigenvalue weighted by Gasteiger charge is 2.17. The molecule has 0 amide bonds. The van der Waals surface area contributed by atoms with Crippen LogP contribution in [-0.4, -0.2) is 18.2 Å². The quantitative estimate of drug-likeness (QED) is 0.436. The van der Waals surface area contributed by atoms with E-state index in [4.69, 9.17) is 28.6 Å². The van der Waals surface area contributed by atoms with E-state index in [9.17, 15) is 9.18 Å². The van der Waals surface area contributed by atoms with Crippen molar-refractivity contribution >= 4 is 67.7 Å². The van der Waals surface area contributed by atoms with E-state index in [-0.39, 0.29) is 10.9 Å². The summed E-state index contributed by atoms with van der Waals surface area (Å²) >= 11 is 12.7. The van der Waals surface area contributed by atoms with Gasteiger partial charge in [0, 0.05) is 15.8 Å². The fraction of sp³-hybridized carbons (Fsp3) is 0.111. The molecule has 1 heterocycles. The number of anilines is 2. The standard InChI is InChI=1S/C18H14ClFN2O2S2/c1-9-3-6-12(20)13(7-9)22-18(25)21-10-4-5-11-14(8-10)26-16(15(11)19)17(23)24-2/h3-8H,1-2H3,(H2,21,22,25). The highest BCUT2D eigenvalue weighted by molar-refractivity contribution is 7.80. The SMILES string of the molecule is COC(=O)c1sc2cc(NC(=S)Nc3cc(C)ccc3F)ccc2c1Cl. The number of ether oxygens (including phenoxy) is 1. The van der Waals surface area contributed by atoms with Crippen LogP contribution in [0.15, 0.2) is 36.4 Å². The van der Waals surface area contributed by atoms with Gasteiger partial charge in [0.05, 0.1) is 17.8 Å². The van der Waals surface area contributed by atoms with Crippen molar-refractivity contribution in [3.8, 4) is 0 Å². The molecule has 4 nitrogen and oxygen atoms in total. The predicted octanol–water partition coefficient (Wildman–Crippen LogP) is 5.60. The second-order valence-corrected chi connectivity index (χ2v) is 7.35.